The Balaban J connectivity index is 2.07. The third kappa shape index (κ3) is 6.97. The molecular weight excluding hydrogens is 434 g/mol. The summed E-state index contributed by atoms with van der Waals surface area (Å²) in [5.41, 5.74) is 0.750. The molecule has 0 aromatic heterocycles. The number of thioether (sulfide) groups is 1. The Kier molecular flexibility index (Phi) is 9.84. The smallest absolute Gasteiger partial charge is 0.326 e. The summed E-state index contributed by atoms with van der Waals surface area (Å²) in [4.78, 5) is 25.4. The molecule has 1 N–H and O–H groups in total. The number of unbranched alkanes of at least 4 members (excludes halogenated alkanes) is 4. The molecule has 2 unspecified atom stereocenters. The van der Waals surface area contributed by atoms with Crippen molar-refractivity contribution in [1.82, 2.24) is 4.90 Å². The number of carbonyl (C=O) groups excluding carboxylic acids is 1. The first-order valence-corrected chi connectivity index (χ1v) is 11.9. The van der Waals surface area contributed by atoms with E-state index in [-0.39, 0.29) is 10.4 Å². The molecule has 6 nitrogen and oxygen atoms in total. The molecule has 1 aliphatic rings. The van der Waals surface area contributed by atoms with E-state index in [1.54, 1.807) is 19.3 Å². The third-order valence-electron chi connectivity index (χ3n) is 5.10. The van der Waals surface area contributed by atoms with Crippen LogP contribution in [-0.2, 0) is 9.59 Å². The van der Waals surface area contributed by atoms with Gasteiger partial charge in [-0.15, -0.1) is 0 Å². The molecule has 0 saturated carbocycles. The molecule has 1 fully saturated rings. The van der Waals surface area contributed by atoms with Crippen LogP contribution in [0.2, 0.25) is 0 Å². The number of thiocarbonyl (C=S) groups is 1. The van der Waals surface area contributed by atoms with Crippen molar-refractivity contribution in [2.24, 2.45) is 0 Å². The molecule has 1 aliphatic heterocycles. The third-order valence-corrected chi connectivity index (χ3v) is 6.43. The van der Waals surface area contributed by atoms with E-state index in [1.807, 2.05) is 12.1 Å². The lowest BCUT2D eigenvalue weighted by Crippen LogP contribution is -2.41. The van der Waals surface area contributed by atoms with Gasteiger partial charge in [-0.05, 0) is 50.5 Å². The van der Waals surface area contributed by atoms with E-state index in [0.29, 0.717) is 16.4 Å². The standard InChI is InChI=1S/C23H31NO5S2/c1-5-6-7-8-9-10-15(2)29-18-12-11-17(13-19(18)28-4)14-20-21(25)24(23(30)31-20)16(3)22(26)27/h11-16H,5-10H2,1-4H3,(H,26,27). The topological polar surface area (TPSA) is 76.1 Å². The molecule has 2 rings (SSSR count). The average molecular weight is 466 g/mol. The lowest BCUT2D eigenvalue weighted by molar-refractivity contribution is -0.144. The quantitative estimate of drug-likeness (QED) is 0.248. The fourth-order valence-corrected chi connectivity index (χ4v) is 4.68. The predicted molar refractivity (Wildman–Crippen MR) is 129 cm³/mol. The first-order chi connectivity index (χ1) is 14.8. The number of amides is 1. The lowest BCUT2D eigenvalue weighted by Gasteiger charge is -2.18. The molecule has 170 valence electrons. The zero-order chi connectivity index (χ0) is 23.0. The second-order valence-electron chi connectivity index (χ2n) is 7.61. The van der Waals surface area contributed by atoms with Gasteiger partial charge in [-0.1, -0.05) is 62.7 Å². The Bertz CT molecular complexity index is 839. The van der Waals surface area contributed by atoms with Crippen molar-refractivity contribution in [3.05, 3.63) is 28.7 Å². The molecule has 1 aromatic carbocycles. The van der Waals surface area contributed by atoms with Crippen molar-refractivity contribution < 1.29 is 24.2 Å². The maximum Gasteiger partial charge on any atom is 0.326 e. The van der Waals surface area contributed by atoms with Crippen LogP contribution in [-0.4, -0.2) is 45.5 Å². The van der Waals surface area contributed by atoms with Gasteiger partial charge in [-0.25, -0.2) is 4.79 Å². The highest BCUT2D eigenvalue weighted by Gasteiger charge is 2.38. The van der Waals surface area contributed by atoms with Crippen LogP contribution in [0.1, 0.15) is 64.9 Å². The van der Waals surface area contributed by atoms with Gasteiger partial charge >= 0.3 is 5.97 Å². The lowest BCUT2D eigenvalue weighted by atomic mass is 10.1. The number of carboxylic acids is 1. The summed E-state index contributed by atoms with van der Waals surface area (Å²) in [6.07, 6.45) is 8.88. The van der Waals surface area contributed by atoms with E-state index in [4.69, 9.17) is 21.7 Å². The van der Waals surface area contributed by atoms with Gasteiger partial charge in [0.25, 0.3) is 5.91 Å². The number of benzene rings is 1. The molecule has 1 heterocycles. The summed E-state index contributed by atoms with van der Waals surface area (Å²) in [6, 6.07) is 4.47. The van der Waals surface area contributed by atoms with Gasteiger partial charge < -0.3 is 14.6 Å². The van der Waals surface area contributed by atoms with Gasteiger partial charge in [-0.2, -0.15) is 0 Å². The van der Waals surface area contributed by atoms with Gasteiger partial charge in [0.05, 0.1) is 18.1 Å². The predicted octanol–water partition coefficient (Wildman–Crippen LogP) is 5.50. The largest absolute Gasteiger partial charge is 0.493 e. The molecule has 2 atom stereocenters. The van der Waals surface area contributed by atoms with Crippen LogP contribution in [0.15, 0.2) is 23.1 Å². The van der Waals surface area contributed by atoms with E-state index in [9.17, 15) is 14.7 Å². The highest BCUT2D eigenvalue weighted by atomic mass is 32.2. The van der Waals surface area contributed by atoms with E-state index >= 15 is 0 Å². The van der Waals surface area contributed by atoms with E-state index in [2.05, 4.69) is 13.8 Å². The Labute approximate surface area is 194 Å². The zero-order valence-corrected chi connectivity index (χ0v) is 20.2. The maximum absolute atomic E-state index is 12.6. The number of ether oxygens (including phenoxy) is 2. The Hall–Kier alpha value is -2.06. The van der Waals surface area contributed by atoms with Gasteiger partial charge in [0.2, 0.25) is 0 Å². The normalized spacial score (nSPS) is 17.2. The first kappa shape index (κ1) is 25.2. The number of nitrogens with zero attached hydrogens (tertiary/aromatic N) is 1. The summed E-state index contributed by atoms with van der Waals surface area (Å²) >= 11 is 6.30. The highest BCUT2D eigenvalue weighted by molar-refractivity contribution is 8.26. The van der Waals surface area contributed by atoms with Crippen LogP contribution in [0.3, 0.4) is 0 Å². The molecule has 0 spiro atoms. The summed E-state index contributed by atoms with van der Waals surface area (Å²) in [7, 11) is 1.58. The first-order valence-electron chi connectivity index (χ1n) is 10.6. The molecule has 8 heteroatoms. The second kappa shape index (κ2) is 12.1. The molecule has 0 bridgehead atoms. The number of hydrogen-bond acceptors (Lipinski definition) is 6. The number of rotatable bonds is 12. The average Bonchev–Trinajstić information content (AvgIpc) is 3.01. The van der Waals surface area contributed by atoms with Crippen molar-refractivity contribution in [1.29, 1.82) is 0 Å². The molecular formula is C23H31NO5S2. The fraction of sp³-hybridized carbons (Fsp3) is 0.522. The second-order valence-corrected chi connectivity index (χ2v) is 9.28. The molecule has 1 amide bonds. The van der Waals surface area contributed by atoms with Crippen LogP contribution in [0, 0.1) is 0 Å². The number of methoxy groups -OCH3 is 1. The maximum atomic E-state index is 12.6. The monoisotopic (exact) mass is 465 g/mol. The van der Waals surface area contributed by atoms with E-state index in [0.717, 1.165) is 35.1 Å². The molecule has 1 aromatic rings. The van der Waals surface area contributed by atoms with Crippen molar-refractivity contribution in [2.45, 2.75) is 71.4 Å². The minimum Gasteiger partial charge on any atom is -0.493 e. The number of carboxylic acid groups (broad SMARTS) is 1. The summed E-state index contributed by atoms with van der Waals surface area (Å²) < 4.78 is 11.8. The van der Waals surface area contributed by atoms with E-state index in [1.165, 1.54) is 32.6 Å². The Morgan fingerprint density at radius 2 is 1.94 bits per heavy atom. The Morgan fingerprint density at radius 1 is 1.23 bits per heavy atom. The zero-order valence-electron chi connectivity index (χ0n) is 18.6. The molecule has 1 saturated heterocycles. The van der Waals surface area contributed by atoms with Crippen molar-refractivity contribution >= 4 is 46.3 Å². The summed E-state index contributed by atoms with van der Waals surface area (Å²) in [5.74, 6) is -0.255. The molecule has 0 aliphatic carbocycles. The van der Waals surface area contributed by atoms with Gasteiger partial charge in [0, 0.05) is 0 Å². The number of carbonyl (C=O) groups is 2. The van der Waals surface area contributed by atoms with Crippen LogP contribution < -0.4 is 9.47 Å². The Morgan fingerprint density at radius 3 is 2.58 bits per heavy atom. The van der Waals surface area contributed by atoms with Gasteiger partial charge in [0.15, 0.2) is 11.5 Å². The molecule has 0 radical (unpaired) electrons. The van der Waals surface area contributed by atoms with Crippen molar-refractivity contribution in [3.8, 4) is 11.5 Å². The number of hydrogen-bond donors (Lipinski definition) is 1. The minimum absolute atomic E-state index is 0.0788. The van der Waals surface area contributed by atoms with Gasteiger partial charge in [-0.3, -0.25) is 9.69 Å². The summed E-state index contributed by atoms with van der Waals surface area (Å²) in [5, 5.41) is 9.20. The van der Waals surface area contributed by atoms with Crippen LogP contribution in [0.25, 0.3) is 6.08 Å². The van der Waals surface area contributed by atoms with Crippen molar-refractivity contribution in [3.63, 3.8) is 0 Å². The van der Waals surface area contributed by atoms with Crippen LogP contribution in [0.5, 0.6) is 11.5 Å². The van der Waals surface area contributed by atoms with Crippen LogP contribution >= 0.6 is 24.0 Å². The van der Waals surface area contributed by atoms with Gasteiger partial charge in [0.1, 0.15) is 10.4 Å². The minimum atomic E-state index is -1.10. The summed E-state index contributed by atoms with van der Waals surface area (Å²) in [6.45, 7) is 5.71. The van der Waals surface area contributed by atoms with Crippen LogP contribution in [0.4, 0.5) is 0 Å². The van der Waals surface area contributed by atoms with Crippen molar-refractivity contribution in [2.75, 3.05) is 7.11 Å². The number of aliphatic carboxylic acids is 1. The fourth-order valence-electron chi connectivity index (χ4n) is 3.26. The molecule has 31 heavy (non-hydrogen) atoms. The highest BCUT2D eigenvalue weighted by Crippen LogP contribution is 2.36. The SMILES string of the molecule is CCCCCCCC(C)Oc1ccc(C=C2SC(=S)N(C(C)C(=O)O)C2=O)cc1OC. The van der Waals surface area contributed by atoms with E-state index < -0.39 is 17.9 Å².